The van der Waals surface area contributed by atoms with E-state index in [1.807, 2.05) is 25.7 Å². The highest BCUT2D eigenvalue weighted by Gasteiger charge is 2.29. The van der Waals surface area contributed by atoms with Crippen molar-refractivity contribution >= 4 is 6.09 Å². The number of nitrogens with one attached hydrogen (secondary N) is 1. The Balaban J connectivity index is 1.74. The first kappa shape index (κ1) is 16.6. The molecular formula is C16H31N3O2. The second-order valence-electron chi connectivity index (χ2n) is 7.46. The molecule has 0 bridgehead atoms. The third-order valence-corrected chi connectivity index (χ3v) is 4.42. The summed E-state index contributed by atoms with van der Waals surface area (Å²) < 4.78 is 5.43. The zero-order chi connectivity index (χ0) is 15.5. The molecule has 0 radical (unpaired) electrons. The first-order valence-electron chi connectivity index (χ1n) is 8.35. The maximum atomic E-state index is 12.0. The summed E-state index contributed by atoms with van der Waals surface area (Å²) in [4.78, 5) is 13.8. The van der Waals surface area contributed by atoms with E-state index in [-0.39, 0.29) is 6.09 Å². The van der Waals surface area contributed by atoms with Crippen LogP contribution < -0.4 is 11.1 Å². The number of nitrogens with two attached hydrogens (primary N) is 1. The van der Waals surface area contributed by atoms with Gasteiger partial charge in [-0.05, 0) is 46.5 Å². The Morgan fingerprint density at radius 1 is 1.14 bits per heavy atom. The zero-order valence-electron chi connectivity index (χ0n) is 13.7. The number of ether oxygens (including phenoxy) is 1. The standard InChI is InChI=1S/C16H31N3O2/c1-16(2,3)21-15(20)19-10-8-12(9-11-19)18-14-7-5-4-6-13(14)17/h12-14,18H,4-11,17H2,1-3H3. The van der Waals surface area contributed by atoms with Crippen LogP contribution in [0, 0.1) is 0 Å². The number of hydrogen-bond acceptors (Lipinski definition) is 4. The van der Waals surface area contributed by atoms with Gasteiger partial charge in [-0.3, -0.25) is 0 Å². The minimum atomic E-state index is -0.416. The molecule has 0 aromatic rings. The van der Waals surface area contributed by atoms with Crippen molar-refractivity contribution < 1.29 is 9.53 Å². The first-order chi connectivity index (χ1) is 9.85. The molecule has 2 unspecified atom stereocenters. The van der Waals surface area contributed by atoms with E-state index >= 15 is 0 Å². The van der Waals surface area contributed by atoms with Crippen molar-refractivity contribution in [3.8, 4) is 0 Å². The second kappa shape index (κ2) is 6.97. The molecule has 1 saturated carbocycles. The Morgan fingerprint density at radius 3 is 2.33 bits per heavy atom. The lowest BCUT2D eigenvalue weighted by molar-refractivity contribution is 0.0193. The summed E-state index contributed by atoms with van der Waals surface area (Å²) in [6.07, 6.45) is 6.65. The SMILES string of the molecule is CC(C)(C)OC(=O)N1CCC(NC2CCCCC2N)CC1. The smallest absolute Gasteiger partial charge is 0.410 e. The van der Waals surface area contributed by atoms with Crippen molar-refractivity contribution in [2.45, 2.75) is 83.0 Å². The van der Waals surface area contributed by atoms with Crippen molar-refractivity contribution in [3.05, 3.63) is 0 Å². The van der Waals surface area contributed by atoms with Gasteiger partial charge in [0.25, 0.3) is 0 Å². The normalized spacial score (nSPS) is 28.5. The van der Waals surface area contributed by atoms with E-state index < -0.39 is 5.60 Å². The highest BCUT2D eigenvalue weighted by atomic mass is 16.6. The fraction of sp³-hybridized carbons (Fsp3) is 0.938. The summed E-state index contributed by atoms with van der Waals surface area (Å²) in [5, 5.41) is 3.71. The lowest BCUT2D eigenvalue weighted by atomic mass is 9.89. The molecule has 1 heterocycles. The molecule has 3 N–H and O–H groups in total. The highest BCUT2D eigenvalue weighted by molar-refractivity contribution is 5.68. The number of piperidine rings is 1. The molecule has 1 aliphatic heterocycles. The monoisotopic (exact) mass is 297 g/mol. The predicted molar refractivity (Wildman–Crippen MR) is 84.2 cm³/mol. The van der Waals surface area contributed by atoms with E-state index in [0.717, 1.165) is 32.4 Å². The van der Waals surface area contributed by atoms with Gasteiger partial charge in [-0.2, -0.15) is 0 Å². The molecule has 0 spiro atoms. The molecule has 1 aliphatic carbocycles. The number of likely N-dealkylation sites (tertiary alicyclic amines) is 1. The molecule has 2 aliphatic rings. The van der Waals surface area contributed by atoms with E-state index in [9.17, 15) is 4.79 Å². The summed E-state index contributed by atoms with van der Waals surface area (Å²) in [5.41, 5.74) is 5.78. The van der Waals surface area contributed by atoms with Crippen LogP contribution in [0.25, 0.3) is 0 Å². The van der Waals surface area contributed by atoms with Gasteiger partial charge in [-0.1, -0.05) is 12.8 Å². The minimum Gasteiger partial charge on any atom is -0.444 e. The van der Waals surface area contributed by atoms with Crippen LogP contribution in [0.2, 0.25) is 0 Å². The van der Waals surface area contributed by atoms with Gasteiger partial charge in [0.15, 0.2) is 0 Å². The van der Waals surface area contributed by atoms with Crippen LogP contribution in [-0.2, 0) is 4.74 Å². The van der Waals surface area contributed by atoms with Crippen molar-refractivity contribution in [1.29, 1.82) is 0 Å². The van der Waals surface area contributed by atoms with E-state index in [1.54, 1.807) is 0 Å². The lowest BCUT2D eigenvalue weighted by Gasteiger charge is -2.38. The molecule has 5 nitrogen and oxygen atoms in total. The van der Waals surface area contributed by atoms with E-state index in [4.69, 9.17) is 10.5 Å². The minimum absolute atomic E-state index is 0.185. The van der Waals surface area contributed by atoms with Crippen LogP contribution in [0.4, 0.5) is 4.79 Å². The van der Waals surface area contributed by atoms with Gasteiger partial charge < -0.3 is 20.7 Å². The molecular weight excluding hydrogens is 266 g/mol. The number of nitrogens with zero attached hydrogens (tertiary/aromatic N) is 1. The zero-order valence-corrected chi connectivity index (χ0v) is 13.7. The summed E-state index contributed by atoms with van der Waals surface area (Å²) in [7, 11) is 0. The van der Waals surface area contributed by atoms with Crippen LogP contribution in [0.3, 0.4) is 0 Å². The van der Waals surface area contributed by atoms with Crippen molar-refractivity contribution in [2.24, 2.45) is 5.73 Å². The van der Waals surface area contributed by atoms with Crippen LogP contribution in [0.15, 0.2) is 0 Å². The quantitative estimate of drug-likeness (QED) is 0.820. The third-order valence-electron chi connectivity index (χ3n) is 4.42. The number of carbonyl (C=O) groups excluding carboxylic acids is 1. The summed E-state index contributed by atoms with van der Waals surface area (Å²) in [6.45, 7) is 7.26. The average Bonchev–Trinajstić information content (AvgIpc) is 2.40. The highest BCUT2D eigenvalue weighted by Crippen LogP contribution is 2.20. The number of hydrogen-bond donors (Lipinski definition) is 2. The summed E-state index contributed by atoms with van der Waals surface area (Å²) in [6, 6.07) is 1.23. The molecule has 122 valence electrons. The third kappa shape index (κ3) is 5.15. The number of carbonyl (C=O) groups is 1. The molecule has 21 heavy (non-hydrogen) atoms. The van der Waals surface area contributed by atoms with Gasteiger partial charge >= 0.3 is 6.09 Å². The molecule has 0 aromatic carbocycles. The van der Waals surface area contributed by atoms with Gasteiger partial charge in [-0.25, -0.2) is 4.79 Å². The first-order valence-corrected chi connectivity index (χ1v) is 8.35. The molecule has 1 saturated heterocycles. The Kier molecular flexibility index (Phi) is 5.49. The van der Waals surface area contributed by atoms with Crippen molar-refractivity contribution in [2.75, 3.05) is 13.1 Å². The predicted octanol–water partition coefficient (Wildman–Crippen LogP) is 2.25. The summed E-state index contributed by atoms with van der Waals surface area (Å²) in [5.74, 6) is 0. The van der Waals surface area contributed by atoms with Crippen LogP contribution in [0.1, 0.15) is 59.3 Å². The van der Waals surface area contributed by atoms with Crippen LogP contribution in [0.5, 0.6) is 0 Å². The largest absolute Gasteiger partial charge is 0.444 e. The number of rotatable bonds is 2. The topological polar surface area (TPSA) is 67.6 Å². The lowest BCUT2D eigenvalue weighted by Crippen LogP contribution is -2.54. The van der Waals surface area contributed by atoms with Crippen LogP contribution >= 0.6 is 0 Å². The van der Waals surface area contributed by atoms with E-state index in [1.165, 1.54) is 19.3 Å². The molecule has 0 aromatic heterocycles. The molecule has 2 fully saturated rings. The Labute approximate surface area is 128 Å². The fourth-order valence-electron chi connectivity index (χ4n) is 3.22. The van der Waals surface area contributed by atoms with Gasteiger partial charge in [0.2, 0.25) is 0 Å². The van der Waals surface area contributed by atoms with Crippen molar-refractivity contribution in [1.82, 2.24) is 10.2 Å². The fourth-order valence-corrected chi connectivity index (χ4v) is 3.22. The Bertz CT molecular complexity index is 346. The van der Waals surface area contributed by atoms with E-state index in [2.05, 4.69) is 5.32 Å². The molecule has 2 atom stereocenters. The van der Waals surface area contributed by atoms with Gasteiger partial charge in [0.1, 0.15) is 5.60 Å². The molecule has 2 rings (SSSR count). The maximum Gasteiger partial charge on any atom is 0.410 e. The Hall–Kier alpha value is -0.810. The Morgan fingerprint density at radius 2 is 1.76 bits per heavy atom. The molecule has 1 amide bonds. The summed E-state index contributed by atoms with van der Waals surface area (Å²) >= 11 is 0. The van der Waals surface area contributed by atoms with Crippen molar-refractivity contribution in [3.63, 3.8) is 0 Å². The average molecular weight is 297 g/mol. The number of amides is 1. The molecule has 5 heteroatoms. The van der Waals surface area contributed by atoms with Gasteiger partial charge in [0.05, 0.1) is 0 Å². The van der Waals surface area contributed by atoms with E-state index in [0.29, 0.717) is 18.1 Å². The van der Waals surface area contributed by atoms with Gasteiger partial charge in [-0.15, -0.1) is 0 Å². The van der Waals surface area contributed by atoms with Gasteiger partial charge in [0, 0.05) is 31.2 Å². The second-order valence-corrected chi connectivity index (χ2v) is 7.46. The van der Waals surface area contributed by atoms with Crippen LogP contribution in [-0.4, -0.2) is 47.8 Å². The maximum absolute atomic E-state index is 12.0.